The van der Waals surface area contributed by atoms with Gasteiger partial charge in [-0.3, -0.25) is 0 Å². The molecule has 0 aromatic carbocycles. The average Bonchev–Trinajstić information content (AvgIpc) is 2.71. The van der Waals surface area contributed by atoms with Crippen LogP contribution in [0, 0.1) is 0 Å². The fraction of sp³-hybridized carbons (Fsp3) is 0.923. The Morgan fingerprint density at radius 3 is 2.37 bits per heavy atom. The van der Waals surface area contributed by atoms with Crippen LogP contribution in [0.2, 0.25) is 0 Å². The van der Waals surface area contributed by atoms with E-state index >= 15 is 0 Å². The molecule has 0 aromatic rings. The SMILES string of the molecule is CCOC(=O)N(C1CCCCC1)C1CCS(=O)(=O)C1. The van der Waals surface area contributed by atoms with Gasteiger partial charge in [0, 0.05) is 6.04 Å². The summed E-state index contributed by atoms with van der Waals surface area (Å²) < 4.78 is 28.4. The second-order valence-electron chi connectivity index (χ2n) is 5.45. The van der Waals surface area contributed by atoms with Gasteiger partial charge in [-0.2, -0.15) is 0 Å². The maximum atomic E-state index is 12.1. The minimum Gasteiger partial charge on any atom is -0.450 e. The first kappa shape index (κ1) is 14.6. The molecule has 2 aliphatic rings. The summed E-state index contributed by atoms with van der Waals surface area (Å²) in [5.41, 5.74) is 0. The van der Waals surface area contributed by atoms with E-state index in [1.54, 1.807) is 11.8 Å². The highest BCUT2D eigenvalue weighted by atomic mass is 32.2. The van der Waals surface area contributed by atoms with Crippen molar-refractivity contribution in [3.63, 3.8) is 0 Å². The lowest BCUT2D eigenvalue weighted by Crippen LogP contribution is -2.48. The van der Waals surface area contributed by atoms with E-state index in [-0.39, 0.29) is 29.7 Å². The van der Waals surface area contributed by atoms with Crippen LogP contribution in [0.1, 0.15) is 45.4 Å². The Labute approximate surface area is 115 Å². The van der Waals surface area contributed by atoms with Gasteiger partial charge in [0.2, 0.25) is 0 Å². The molecule has 0 aromatic heterocycles. The molecule has 1 heterocycles. The number of ether oxygens (including phenoxy) is 1. The zero-order valence-electron chi connectivity index (χ0n) is 11.5. The molecule has 110 valence electrons. The summed E-state index contributed by atoms with van der Waals surface area (Å²) in [6.07, 6.45) is 5.58. The van der Waals surface area contributed by atoms with Crippen molar-refractivity contribution >= 4 is 15.9 Å². The maximum Gasteiger partial charge on any atom is 0.410 e. The molecule has 1 saturated heterocycles. The summed E-state index contributed by atoms with van der Waals surface area (Å²) in [6.45, 7) is 2.11. The van der Waals surface area contributed by atoms with Crippen LogP contribution >= 0.6 is 0 Å². The summed E-state index contributed by atoms with van der Waals surface area (Å²) in [5.74, 6) is 0.294. The lowest BCUT2D eigenvalue weighted by Gasteiger charge is -2.37. The first-order valence-corrected chi connectivity index (χ1v) is 9.01. The minimum atomic E-state index is -2.98. The topological polar surface area (TPSA) is 63.7 Å². The predicted molar refractivity (Wildman–Crippen MR) is 72.8 cm³/mol. The average molecular weight is 289 g/mol. The second kappa shape index (κ2) is 6.11. The molecule has 1 aliphatic carbocycles. The molecular formula is C13H23NO4S. The number of amides is 1. The molecule has 0 bridgehead atoms. The summed E-state index contributed by atoms with van der Waals surface area (Å²) >= 11 is 0. The van der Waals surface area contributed by atoms with E-state index in [1.165, 1.54) is 6.42 Å². The molecule has 2 fully saturated rings. The zero-order chi connectivity index (χ0) is 13.9. The Hall–Kier alpha value is -0.780. The third-order valence-corrected chi connectivity index (χ3v) is 5.80. The van der Waals surface area contributed by atoms with E-state index in [0.29, 0.717) is 13.0 Å². The molecule has 5 nitrogen and oxygen atoms in total. The first-order valence-electron chi connectivity index (χ1n) is 7.19. The summed E-state index contributed by atoms with van der Waals surface area (Å²) in [4.78, 5) is 13.9. The molecule has 1 aliphatic heterocycles. The highest BCUT2D eigenvalue weighted by Crippen LogP contribution is 2.28. The van der Waals surface area contributed by atoms with Gasteiger partial charge in [-0.1, -0.05) is 19.3 Å². The number of hydrogen-bond donors (Lipinski definition) is 0. The Morgan fingerprint density at radius 2 is 1.84 bits per heavy atom. The van der Waals surface area contributed by atoms with Crippen molar-refractivity contribution in [2.24, 2.45) is 0 Å². The van der Waals surface area contributed by atoms with E-state index in [2.05, 4.69) is 0 Å². The molecule has 1 unspecified atom stereocenters. The second-order valence-corrected chi connectivity index (χ2v) is 7.68. The minimum absolute atomic E-state index is 0.0995. The maximum absolute atomic E-state index is 12.1. The fourth-order valence-corrected chi connectivity index (χ4v) is 4.86. The molecule has 6 heteroatoms. The number of rotatable bonds is 3. The Kier molecular flexibility index (Phi) is 4.71. The number of sulfone groups is 1. The van der Waals surface area contributed by atoms with Gasteiger partial charge < -0.3 is 9.64 Å². The van der Waals surface area contributed by atoms with Crippen molar-refractivity contribution in [1.29, 1.82) is 0 Å². The van der Waals surface area contributed by atoms with E-state index < -0.39 is 9.84 Å². The van der Waals surface area contributed by atoms with Gasteiger partial charge in [-0.25, -0.2) is 13.2 Å². The van der Waals surface area contributed by atoms with Crippen LogP contribution in [-0.2, 0) is 14.6 Å². The highest BCUT2D eigenvalue weighted by molar-refractivity contribution is 7.91. The van der Waals surface area contributed by atoms with Gasteiger partial charge in [0.15, 0.2) is 9.84 Å². The van der Waals surface area contributed by atoms with Crippen LogP contribution in [0.5, 0.6) is 0 Å². The van der Waals surface area contributed by atoms with Crippen LogP contribution in [0.15, 0.2) is 0 Å². The van der Waals surface area contributed by atoms with Crippen molar-refractivity contribution in [2.75, 3.05) is 18.1 Å². The van der Waals surface area contributed by atoms with Crippen molar-refractivity contribution < 1.29 is 17.9 Å². The molecule has 2 rings (SSSR count). The van der Waals surface area contributed by atoms with E-state index in [0.717, 1.165) is 25.7 Å². The van der Waals surface area contributed by atoms with Gasteiger partial charge in [0.1, 0.15) is 0 Å². The Balaban J connectivity index is 2.11. The molecule has 1 saturated carbocycles. The van der Waals surface area contributed by atoms with Crippen LogP contribution in [0.4, 0.5) is 4.79 Å². The number of carbonyl (C=O) groups excluding carboxylic acids is 1. The molecule has 0 N–H and O–H groups in total. The highest BCUT2D eigenvalue weighted by Gasteiger charge is 2.39. The van der Waals surface area contributed by atoms with Crippen LogP contribution in [-0.4, -0.2) is 49.6 Å². The molecule has 1 atom stereocenters. The van der Waals surface area contributed by atoms with E-state index in [1.807, 2.05) is 0 Å². The molecule has 1 amide bonds. The smallest absolute Gasteiger partial charge is 0.410 e. The largest absolute Gasteiger partial charge is 0.450 e. The van der Waals surface area contributed by atoms with Crippen molar-refractivity contribution in [3.8, 4) is 0 Å². The standard InChI is InChI=1S/C13H23NO4S/c1-2-18-13(15)14(11-6-4-3-5-7-11)12-8-9-19(16,17)10-12/h11-12H,2-10H2,1H3. The predicted octanol–water partition coefficient (Wildman–Crippen LogP) is 1.96. The number of carbonyl (C=O) groups is 1. The third kappa shape index (κ3) is 3.61. The first-order chi connectivity index (χ1) is 9.03. The molecular weight excluding hydrogens is 266 g/mol. The molecule has 0 radical (unpaired) electrons. The Bertz CT molecular complexity index is 414. The number of hydrogen-bond acceptors (Lipinski definition) is 4. The Morgan fingerprint density at radius 1 is 1.16 bits per heavy atom. The van der Waals surface area contributed by atoms with Crippen LogP contribution < -0.4 is 0 Å². The van der Waals surface area contributed by atoms with Gasteiger partial charge in [0.05, 0.1) is 24.2 Å². The van der Waals surface area contributed by atoms with Gasteiger partial charge in [0.25, 0.3) is 0 Å². The lowest BCUT2D eigenvalue weighted by atomic mass is 9.93. The van der Waals surface area contributed by atoms with Crippen molar-refractivity contribution in [3.05, 3.63) is 0 Å². The van der Waals surface area contributed by atoms with Gasteiger partial charge >= 0.3 is 6.09 Å². The monoisotopic (exact) mass is 289 g/mol. The molecule has 19 heavy (non-hydrogen) atoms. The zero-order valence-corrected chi connectivity index (χ0v) is 12.3. The molecule has 0 spiro atoms. The van der Waals surface area contributed by atoms with Crippen LogP contribution in [0.3, 0.4) is 0 Å². The summed E-state index contributed by atoms with van der Waals surface area (Å²) in [6, 6.07) is -0.0294. The quantitative estimate of drug-likeness (QED) is 0.797. The van der Waals surface area contributed by atoms with Gasteiger partial charge in [-0.05, 0) is 26.2 Å². The van der Waals surface area contributed by atoms with Crippen LogP contribution in [0.25, 0.3) is 0 Å². The van der Waals surface area contributed by atoms with Gasteiger partial charge in [-0.15, -0.1) is 0 Å². The fourth-order valence-electron chi connectivity index (χ4n) is 3.15. The normalized spacial score (nSPS) is 27.1. The number of nitrogens with zero attached hydrogens (tertiary/aromatic N) is 1. The lowest BCUT2D eigenvalue weighted by molar-refractivity contribution is 0.0638. The van der Waals surface area contributed by atoms with E-state index in [9.17, 15) is 13.2 Å². The third-order valence-electron chi connectivity index (χ3n) is 4.05. The summed E-state index contributed by atoms with van der Waals surface area (Å²) in [5, 5.41) is 0. The van der Waals surface area contributed by atoms with Crippen molar-refractivity contribution in [1.82, 2.24) is 4.90 Å². The van der Waals surface area contributed by atoms with Crippen molar-refractivity contribution in [2.45, 2.75) is 57.5 Å². The summed E-state index contributed by atoms with van der Waals surface area (Å²) in [7, 11) is -2.98. The van der Waals surface area contributed by atoms with E-state index in [4.69, 9.17) is 4.74 Å².